The molecule has 5 nitrogen and oxygen atoms in total. The Balaban J connectivity index is 1.87. The number of carbonyl (C=O) groups is 2. The number of amides is 2. The van der Waals surface area contributed by atoms with Gasteiger partial charge in [0.15, 0.2) is 0 Å². The van der Waals surface area contributed by atoms with Crippen LogP contribution in [-0.2, 0) is 4.79 Å². The zero-order chi connectivity index (χ0) is 17.5. The monoisotopic (exact) mass is 383 g/mol. The zero-order valence-corrected chi connectivity index (χ0v) is 14.5. The molecule has 0 saturated carbocycles. The minimum absolute atomic E-state index is 0.252. The number of halogens is 3. The van der Waals surface area contributed by atoms with E-state index in [2.05, 4.69) is 15.8 Å². The third kappa shape index (κ3) is 4.96. The van der Waals surface area contributed by atoms with Gasteiger partial charge in [0.1, 0.15) is 0 Å². The van der Waals surface area contributed by atoms with Crippen molar-refractivity contribution in [3.8, 4) is 0 Å². The van der Waals surface area contributed by atoms with Gasteiger partial charge in [0.25, 0.3) is 11.8 Å². The van der Waals surface area contributed by atoms with E-state index in [1.807, 2.05) is 0 Å². The van der Waals surface area contributed by atoms with Crippen molar-refractivity contribution in [2.75, 3.05) is 6.54 Å². The second kappa shape index (κ2) is 8.68. The molecule has 124 valence electrons. The van der Waals surface area contributed by atoms with Crippen LogP contribution in [0.3, 0.4) is 0 Å². The number of hydrogen-bond donors (Lipinski definition) is 2. The fourth-order valence-electron chi connectivity index (χ4n) is 1.74. The summed E-state index contributed by atoms with van der Waals surface area (Å²) in [5, 5.41) is 7.34. The highest BCUT2D eigenvalue weighted by Gasteiger charge is 2.10. The van der Waals surface area contributed by atoms with Crippen molar-refractivity contribution in [1.82, 2.24) is 10.7 Å². The highest BCUT2D eigenvalue weighted by Crippen LogP contribution is 2.21. The van der Waals surface area contributed by atoms with Gasteiger partial charge >= 0.3 is 0 Å². The topological polar surface area (TPSA) is 70.6 Å². The van der Waals surface area contributed by atoms with Crippen molar-refractivity contribution in [2.24, 2.45) is 5.10 Å². The predicted molar refractivity (Wildman–Crippen MR) is 96.0 cm³/mol. The molecule has 0 spiro atoms. The van der Waals surface area contributed by atoms with Gasteiger partial charge < -0.3 is 5.32 Å². The van der Waals surface area contributed by atoms with Crippen molar-refractivity contribution in [3.05, 3.63) is 68.7 Å². The van der Waals surface area contributed by atoms with E-state index in [0.717, 1.165) is 0 Å². The number of nitrogens with zero attached hydrogens (tertiary/aromatic N) is 1. The van der Waals surface area contributed by atoms with Crippen LogP contribution >= 0.6 is 34.8 Å². The average Bonchev–Trinajstić information content (AvgIpc) is 2.56. The van der Waals surface area contributed by atoms with Gasteiger partial charge in [0, 0.05) is 5.56 Å². The fourth-order valence-corrected chi connectivity index (χ4v) is 2.46. The summed E-state index contributed by atoms with van der Waals surface area (Å²) >= 11 is 17.9. The minimum atomic E-state index is -0.505. The molecule has 2 aromatic rings. The first-order chi connectivity index (χ1) is 11.5. The average molecular weight is 385 g/mol. The largest absolute Gasteiger partial charge is 0.343 e. The van der Waals surface area contributed by atoms with Gasteiger partial charge in [-0.1, -0.05) is 53.0 Å². The second-order valence-corrected chi connectivity index (χ2v) is 5.81. The summed E-state index contributed by atoms with van der Waals surface area (Å²) in [6.45, 7) is -0.252. The summed E-state index contributed by atoms with van der Waals surface area (Å²) in [5.74, 6) is -0.955. The highest BCUT2D eigenvalue weighted by molar-refractivity contribution is 6.38. The number of carbonyl (C=O) groups excluding carboxylic acids is 2. The van der Waals surface area contributed by atoms with E-state index in [-0.39, 0.29) is 6.54 Å². The maximum absolute atomic E-state index is 11.9. The van der Waals surface area contributed by atoms with Crippen LogP contribution in [0.25, 0.3) is 0 Å². The second-order valence-electron chi connectivity index (χ2n) is 4.59. The van der Waals surface area contributed by atoms with Crippen LogP contribution in [0.1, 0.15) is 15.9 Å². The van der Waals surface area contributed by atoms with Gasteiger partial charge in [0.05, 0.1) is 33.4 Å². The Bertz CT molecular complexity index is 774. The Hall–Kier alpha value is -2.08. The molecule has 2 aromatic carbocycles. The van der Waals surface area contributed by atoms with Gasteiger partial charge in [-0.15, -0.1) is 0 Å². The zero-order valence-electron chi connectivity index (χ0n) is 12.2. The molecule has 0 fully saturated rings. The number of nitrogens with one attached hydrogen (secondary N) is 2. The third-order valence-corrected chi connectivity index (χ3v) is 3.90. The Kier molecular flexibility index (Phi) is 6.61. The fraction of sp³-hybridized carbons (Fsp3) is 0.0625. The molecule has 0 bridgehead atoms. The lowest BCUT2D eigenvalue weighted by molar-refractivity contribution is -0.120. The number of benzene rings is 2. The summed E-state index contributed by atoms with van der Waals surface area (Å²) in [4.78, 5) is 23.6. The lowest BCUT2D eigenvalue weighted by Crippen LogP contribution is -2.35. The predicted octanol–water partition coefficient (Wildman–Crippen LogP) is 3.53. The Morgan fingerprint density at radius 2 is 1.58 bits per heavy atom. The van der Waals surface area contributed by atoms with E-state index < -0.39 is 11.8 Å². The van der Waals surface area contributed by atoms with Crippen LogP contribution in [0.2, 0.25) is 15.1 Å². The molecule has 0 atom stereocenters. The molecule has 0 aliphatic heterocycles. The maximum atomic E-state index is 11.9. The Morgan fingerprint density at radius 1 is 0.958 bits per heavy atom. The molecule has 8 heteroatoms. The normalized spacial score (nSPS) is 10.6. The lowest BCUT2D eigenvalue weighted by Gasteiger charge is -2.05. The molecule has 0 aliphatic rings. The highest BCUT2D eigenvalue weighted by atomic mass is 35.5. The lowest BCUT2D eigenvalue weighted by atomic mass is 10.2. The van der Waals surface area contributed by atoms with Crippen LogP contribution in [0.15, 0.2) is 47.6 Å². The van der Waals surface area contributed by atoms with Crippen LogP contribution < -0.4 is 10.7 Å². The van der Waals surface area contributed by atoms with Crippen molar-refractivity contribution in [1.29, 1.82) is 0 Å². The molecule has 0 aromatic heterocycles. The summed E-state index contributed by atoms with van der Waals surface area (Å²) in [7, 11) is 0. The molecule has 2 N–H and O–H groups in total. The van der Waals surface area contributed by atoms with E-state index >= 15 is 0 Å². The first-order valence-electron chi connectivity index (χ1n) is 6.77. The van der Waals surface area contributed by atoms with Crippen LogP contribution in [0.5, 0.6) is 0 Å². The first kappa shape index (κ1) is 18.3. The summed E-state index contributed by atoms with van der Waals surface area (Å²) in [6.07, 6.45) is 1.33. The molecule has 0 saturated heterocycles. The third-order valence-electron chi connectivity index (χ3n) is 2.91. The quantitative estimate of drug-likeness (QED) is 0.611. The van der Waals surface area contributed by atoms with Gasteiger partial charge in [-0.05, 0) is 24.3 Å². The van der Waals surface area contributed by atoms with Crippen molar-refractivity contribution < 1.29 is 9.59 Å². The van der Waals surface area contributed by atoms with Crippen LogP contribution in [0.4, 0.5) is 0 Å². The van der Waals surface area contributed by atoms with Gasteiger partial charge in [0.2, 0.25) is 0 Å². The van der Waals surface area contributed by atoms with Crippen LogP contribution in [0, 0.1) is 0 Å². The van der Waals surface area contributed by atoms with E-state index in [4.69, 9.17) is 34.8 Å². The minimum Gasteiger partial charge on any atom is -0.343 e. The summed E-state index contributed by atoms with van der Waals surface area (Å²) in [5.41, 5.74) is 3.05. The van der Waals surface area contributed by atoms with E-state index in [1.54, 1.807) is 42.5 Å². The van der Waals surface area contributed by atoms with Crippen LogP contribution in [-0.4, -0.2) is 24.6 Å². The van der Waals surface area contributed by atoms with Gasteiger partial charge in [-0.2, -0.15) is 5.10 Å². The molecule has 0 unspecified atom stereocenters. The Labute approximate surface area is 153 Å². The van der Waals surface area contributed by atoms with Gasteiger partial charge in [-0.3, -0.25) is 9.59 Å². The Morgan fingerprint density at radius 3 is 2.25 bits per heavy atom. The summed E-state index contributed by atoms with van der Waals surface area (Å²) < 4.78 is 0. The number of hydrogen-bond acceptors (Lipinski definition) is 3. The van der Waals surface area contributed by atoms with E-state index in [9.17, 15) is 9.59 Å². The molecular weight excluding hydrogens is 373 g/mol. The standard InChI is InChI=1S/C16H12Cl3N3O2/c17-12-5-2-1-4-10(12)16(24)20-9-15(23)22-21-8-11-13(18)6-3-7-14(11)19/h1-8H,9H2,(H,20,24)(H,22,23). The summed E-state index contributed by atoms with van der Waals surface area (Å²) in [6, 6.07) is 11.5. The van der Waals surface area contributed by atoms with E-state index in [1.165, 1.54) is 6.21 Å². The smallest absolute Gasteiger partial charge is 0.259 e. The number of hydrazone groups is 1. The molecule has 2 amide bonds. The van der Waals surface area contributed by atoms with Crippen molar-refractivity contribution in [2.45, 2.75) is 0 Å². The van der Waals surface area contributed by atoms with Crippen molar-refractivity contribution >= 4 is 52.8 Å². The van der Waals surface area contributed by atoms with Gasteiger partial charge in [-0.25, -0.2) is 5.43 Å². The molecule has 0 heterocycles. The molecule has 0 aliphatic carbocycles. The molecule has 0 radical (unpaired) electrons. The van der Waals surface area contributed by atoms with E-state index in [0.29, 0.717) is 26.2 Å². The molecular formula is C16H12Cl3N3O2. The van der Waals surface area contributed by atoms with Crippen molar-refractivity contribution in [3.63, 3.8) is 0 Å². The SMILES string of the molecule is O=C(CNC(=O)c1ccccc1Cl)NN=Cc1c(Cl)cccc1Cl. The first-order valence-corrected chi connectivity index (χ1v) is 7.91. The maximum Gasteiger partial charge on any atom is 0.259 e. The molecule has 24 heavy (non-hydrogen) atoms. The molecule has 2 rings (SSSR count). The number of rotatable bonds is 5.